The van der Waals surface area contributed by atoms with Gasteiger partial charge in [0.25, 0.3) is 5.82 Å². The summed E-state index contributed by atoms with van der Waals surface area (Å²) in [5.74, 6) is 2.45. The third kappa shape index (κ3) is 3.90. The standard InChI is InChI=1S/C41H49N2O/c1-5-40(3)34-23-15-13-22-31(34)39-42(25-26-43(39)41(40,4)6-2)37-32(28-17-9-7-10-18-28)27-33-30-21-14-16-24-35(30)44-38(33)36(37)29-19-11-8-12-20-29/h13-16,21-29H,5-12,17-20H2,1-4H3/q+1. The average Bonchev–Trinajstić information content (AvgIpc) is 3.69. The van der Waals surface area contributed by atoms with Crippen LogP contribution in [0.3, 0.4) is 0 Å². The van der Waals surface area contributed by atoms with Crippen LogP contribution in [0.2, 0.25) is 0 Å². The minimum atomic E-state index is -0.0316. The normalized spacial score (nSPS) is 24.5. The van der Waals surface area contributed by atoms with E-state index in [4.69, 9.17) is 4.42 Å². The Bertz CT molecular complexity index is 1850. The van der Waals surface area contributed by atoms with Crippen molar-refractivity contribution in [3.63, 3.8) is 0 Å². The second-order valence-electron chi connectivity index (χ2n) is 14.6. The summed E-state index contributed by atoms with van der Waals surface area (Å²) in [6.07, 6.45) is 20.1. The van der Waals surface area contributed by atoms with E-state index in [0.717, 1.165) is 24.0 Å². The van der Waals surface area contributed by atoms with Gasteiger partial charge in [-0.3, -0.25) is 0 Å². The van der Waals surface area contributed by atoms with Gasteiger partial charge in [-0.15, -0.1) is 0 Å². The fourth-order valence-corrected chi connectivity index (χ4v) is 9.74. The number of aromatic nitrogens is 2. The molecule has 3 heteroatoms. The van der Waals surface area contributed by atoms with Gasteiger partial charge in [-0.2, -0.15) is 4.57 Å². The Hall–Kier alpha value is -3.33. The van der Waals surface area contributed by atoms with Crippen molar-refractivity contribution >= 4 is 21.9 Å². The third-order valence-corrected chi connectivity index (χ3v) is 12.7. The van der Waals surface area contributed by atoms with E-state index in [1.807, 2.05) is 0 Å². The molecule has 1 aliphatic heterocycles. The summed E-state index contributed by atoms with van der Waals surface area (Å²) in [4.78, 5) is 0. The molecule has 3 nitrogen and oxygen atoms in total. The maximum atomic E-state index is 6.92. The molecule has 2 aromatic heterocycles. The van der Waals surface area contributed by atoms with Crippen LogP contribution in [0.1, 0.15) is 133 Å². The highest BCUT2D eigenvalue weighted by molar-refractivity contribution is 6.07. The Kier molecular flexibility index (Phi) is 6.81. The maximum Gasteiger partial charge on any atom is 0.294 e. The molecule has 2 aliphatic carbocycles. The maximum absolute atomic E-state index is 6.92. The molecule has 44 heavy (non-hydrogen) atoms. The first-order chi connectivity index (χ1) is 21.5. The topological polar surface area (TPSA) is 21.9 Å². The van der Waals surface area contributed by atoms with Crippen LogP contribution in [0.25, 0.3) is 39.0 Å². The zero-order chi connectivity index (χ0) is 30.1. The number of hydrogen-bond acceptors (Lipinski definition) is 1. The smallest absolute Gasteiger partial charge is 0.294 e. The highest BCUT2D eigenvalue weighted by Crippen LogP contribution is 2.52. The highest BCUT2D eigenvalue weighted by Gasteiger charge is 2.55. The summed E-state index contributed by atoms with van der Waals surface area (Å²) < 4.78 is 12.2. The van der Waals surface area contributed by atoms with E-state index < -0.39 is 0 Å². The summed E-state index contributed by atoms with van der Waals surface area (Å²) in [7, 11) is 0. The van der Waals surface area contributed by atoms with E-state index in [1.165, 1.54) is 103 Å². The Balaban J connectivity index is 1.50. The average molecular weight is 586 g/mol. The molecule has 0 N–H and O–H groups in total. The SMILES string of the molecule is CCC1(C)c2ccccc2-c2n(-c3c(C4CCCCC4)cc4c(oc5ccccc54)c3C3CCCCC3)cc[n+]2C1(C)CC. The van der Waals surface area contributed by atoms with Gasteiger partial charge in [-0.25, -0.2) is 4.57 Å². The van der Waals surface area contributed by atoms with Crippen molar-refractivity contribution in [1.82, 2.24) is 4.57 Å². The molecular formula is C41H49N2O+. The quantitative estimate of drug-likeness (QED) is 0.188. The lowest BCUT2D eigenvalue weighted by atomic mass is 9.61. The molecule has 2 atom stereocenters. The van der Waals surface area contributed by atoms with Crippen molar-refractivity contribution in [3.8, 4) is 17.1 Å². The Labute approximate surface area is 263 Å². The van der Waals surface area contributed by atoms with E-state index in [0.29, 0.717) is 11.8 Å². The first-order valence-corrected chi connectivity index (χ1v) is 17.7. The predicted molar refractivity (Wildman–Crippen MR) is 182 cm³/mol. The minimum Gasteiger partial charge on any atom is -0.456 e. The second kappa shape index (κ2) is 10.6. The molecule has 228 valence electrons. The van der Waals surface area contributed by atoms with Gasteiger partial charge in [0.15, 0.2) is 0 Å². The van der Waals surface area contributed by atoms with Crippen molar-refractivity contribution in [2.24, 2.45) is 0 Å². The summed E-state index contributed by atoms with van der Waals surface area (Å²) in [6.45, 7) is 9.78. The first-order valence-electron chi connectivity index (χ1n) is 17.7. The van der Waals surface area contributed by atoms with Gasteiger partial charge in [0, 0.05) is 27.3 Å². The number of nitrogens with zero attached hydrogens (tertiary/aromatic N) is 2. The van der Waals surface area contributed by atoms with Crippen LogP contribution in [0.5, 0.6) is 0 Å². The molecule has 0 radical (unpaired) electrons. The number of para-hydroxylation sites is 1. The molecule has 2 unspecified atom stereocenters. The molecular weight excluding hydrogens is 536 g/mol. The van der Waals surface area contributed by atoms with Gasteiger partial charge < -0.3 is 4.42 Å². The Morgan fingerprint density at radius 2 is 1.48 bits per heavy atom. The fourth-order valence-electron chi connectivity index (χ4n) is 9.74. The molecule has 3 heterocycles. The monoisotopic (exact) mass is 585 g/mol. The van der Waals surface area contributed by atoms with E-state index in [-0.39, 0.29) is 11.0 Å². The summed E-state index contributed by atoms with van der Waals surface area (Å²) in [5, 5.41) is 2.60. The zero-order valence-electron chi connectivity index (χ0n) is 27.3. The Morgan fingerprint density at radius 1 is 0.795 bits per heavy atom. The molecule has 3 aliphatic rings. The van der Waals surface area contributed by atoms with E-state index >= 15 is 0 Å². The van der Waals surface area contributed by atoms with Crippen LogP contribution in [-0.4, -0.2) is 4.57 Å². The molecule has 0 bridgehead atoms. The van der Waals surface area contributed by atoms with Gasteiger partial charge in [-0.05, 0) is 81.0 Å². The first kappa shape index (κ1) is 28.2. The molecule has 2 fully saturated rings. The lowest BCUT2D eigenvalue weighted by molar-refractivity contribution is -0.764. The summed E-state index contributed by atoms with van der Waals surface area (Å²) in [6, 6.07) is 20.6. The van der Waals surface area contributed by atoms with Gasteiger partial charge in [0.2, 0.25) is 0 Å². The zero-order valence-corrected chi connectivity index (χ0v) is 27.3. The number of hydrogen-bond donors (Lipinski definition) is 0. The van der Waals surface area contributed by atoms with Crippen molar-refractivity contribution < 1.29 is 8.98 Å². The molecule has 5 aromatic rings. The van der Waals surface area contributed by atoms with Crippen molar-refractivity contribution in [3.05, 3.63) is 83.7 Å². The highest BCUT2D eigenvalue weighted by atomic mass is 16.3. The van der Waals surface area contributed by atoms with Crippen molar-refractivity contribution in [2.45, 2.75) is 128 Å². The third-order valence-electron chi connectivity index (χ3n) is 12.7. The van der Waals surface area contributed by atoms with Crippen molar-refractivity contribution in [2.75, 3.05) is 0 Å². The van der Waals surface area contributed by atoms with E-state index in [9.17, 15) is 0 Å². The number of rotatable bonds is 5. The van der Waals surface area contributed by atoms with Crippen LogP contribution < -0.4 is 4.57 Å². The molecule has 2 saturated carbocycles. The number of benzene rings is 3. The lowest BCUT2D eigenvalue weighted by Crippen LogP contribution is -2.67. The lowest BCUT2D eigenvalue weighted by Gasteiger charge is -2.47. The van der Waals surface area contributed by atoms with Crippen LogP contribution in [0, 0.1) is 0 Å². The molecule has 0 amide bonds. The molecule has 0 spiro atoms. The molecule has 0 saturated heterocycles. The largest absolute Gasteiger partial charge is 0.456 e. The van der Waals surface area contributed by atoms with Crippen LogP contribution >= 0.6 is 0 Å². The summed E-state index contributed by atoms with van der Waals surface area (Å²) in [5.41, 5.74) is 9.55. The van der Waals surface area contributed by atoms with Crippen LogP contribution in [0.15, 0.2) is 71.4 Å². The fraction of sp³-hybridized carbons (Fsp3) is 0.488. The van der Waals surface area contributed by atoms with E-state index in [1.54, 1.807) is 5.56 Å². The van der Waals surface area contributed by atoms with Gasteiger partial charge in [0.05, 0.1) is 5.56 Å². The predicted octanol–water partition coefficient (Wildman–Crippen LogP) is 11.2. The minimum absolute atomic E-state index is 0.0316. The second-order valence-corrected chi connectivity index (χ2v) is 14.6. The van der Waals surface area contributed by atoms with Gasteiger partial charge in [-0.1, -0.05) is 95.7 Å². The number of fused-ring (bicyclic) bond motifs is 6. The number of imidazole rings is 1. The number of furan rings is 1. The summed E-state index contributed by atoms with van der Waals surface area (Å²) >= 11 is 0. The molecule has 8 rings (SSSR count). The van der Waals surface area contributed by atoms with Crippen LogP contribution in [0.4, 0.5) is 0 Å². The van der Waals surface area contributed by atoms with Crippen LogP contribution in [-0.2, 0) is 11.0 Å². The van der Waals surface area contributed by atoms with Gasteiger partial charge >= 0.3 is 0 Å². The van der Waals surface area contributed by atoms with Gasteiger partial charge in [0.1, 0.15) is 34.8 Å². The molecule has 3 aromatic carbocycles. The Morgan fingerprint density at radius 3 is 2.20 bits per heavy atom. The van der Waals surface area contributed by atoms with E-state index in [2.05, 4.69) is 104 Å². The van der Waals surface area contributed by atoms with Crippen molar-refractivity contribution in [1.29, 1.82) is 0 Å².